The van der Waals surface area contributed by atoms with E-state index in [1.807, 2.05) is 0 Å². The molecule has 1 aromatic rings. The molecule has 0 aliphatic carbocycles. The van der Waals surface area contributed by atoms with Crippen LogP contribution in [0.15, 0.2) is 10.5 Å². The SMILES string of the molecule is Cc1cc(=S)c(O)c(C(=O)O)o1. The molecule has 0 aliphatic heterocycles. The highest BCUT2D eigenvalue weighted by atomic mass is 32.1. The zero-order valence-electron chi connectivity index (χ0n) is 6.20. The first-order valence-corrected chi connectivity index (χ1v) is 3.50. The number of carboxylic acids is 1. The average Bonchev–Trinajstić information content (AvgIpc) is 1.96. The number of carboxylic acid groups (broad SMARTS) is 1. The highest BCUT2D eigenvalue weighted by Gasteiger charge is 2.14. The molecule has 12 heavy (non-hydrogen) atoms. The Labute approximate surface area is 73.1 Å². The lowest BCUT2D eigenvalue weighted by atomic mass is 10.3. The van der Waals surface area contributed by atoms with Gasteiger partial charge in [-0.2, -0.15) is 0 Å². The van der Waals surface area contributed by atoms with Crippen LogP contribution in [0.4, 0.5) is 0 Å². The maximum Gasteiger partial charge on any atom is 0.375 e. The van der Waals surface area contributed by atoms with E-state index in [4.69, 9.17) is 14.6 Å². The molecule has 64 valence electrons. The first kappa shape index (κ1) is 8.73. The van der Waals surface area contributed by atoms with Crippen molar-refractivity contribution in [3.63, 3.8) is 0 Å². The molecule has 0 saturated carbocycles. The van der Waals surface area contributed by atoms with Crippen molar-refractivity contribution >= 4 is 18.2 Å². The fourth-order valence-corrected chi connectivity index (χ4v) is 1.01. The molecule has 4 nitrogen and oxygen atoms in total. The molecule has 2 N–H and O–H groups in total. The zero-order chi connectivity index (χ0) is 9.30. The van der Waals surface area contributed by atoms with Crippen molar-refractivity contribution in [2.45, 2.75) is 6.92 Å². The van der Waals surface area contributed by atoms with Crippen LogP contribution in [0.25, 0.3) is 0 Å². The Morgan fingerprint density at radius 3 is 2.75 bits per heavy atom. The van der Waals surface area contributed by atoms with E-state index in [9.17, 15) is 4.79 Å². The van der Waals surface area contributed by atoms with Gasteiger partial charge in [-0.3, -0.25) is 0 Å². The van der Waals surface area contributed by atoms with Crippen molar-refractivity contribution in [3.05, 3.63) is 22.1 Å². The molecule has 0 unspecified atom stereocenters. The van der Waals surface area contributed by atoms with Gasteiger partial charge in [-0.15, -0.1) is 0 Å². The summed E-state index contributed by atoms with van der Waals surface area (Å²) < 4.78 is 4.81. The van der Waals surface area contributed by atoms with Crippen LogP contribution in [0.1, 0.15) is 16.3 Å². The van der Waals surface area contributed by atoms with Crippen LogP contribution in [0.5, 0.6) is 5.75 Å². The minimum atomic E-state index is -1.33. The molecule has 0 spiro atoms. The van der Waals surface area contributed by atoms with Crippen molar-refractivity contribution in [1.82, 2.24) is 0 Å². The Bertz CT molecular complexity index is 379. The minimum absolute atomic E-state index is 0.0798. The summed E-state index contributed by atoms with van der Waals surface area (Å²) in [4.78, 5) is 10.4. The zero-order valence-corrected chi connectivity index (χ0v) is 7.01. The molecule has 0 radical (unpaired) electrons. The van der Waals surface area contributed by atoms with Crippen molar-refractivity contribution in [1.29, 1.82) is 0 Å². The normalized spacial score (nSPS) is 9.75. The monoisotopic (exact) mass is 186 g/mol. The third-order valence-electron chi connectivity index (χ3n) is 1.24. The van der Waals surface area contributed by atoms with Gasteiger partial charge in [0.05, 0.1) is 4.51 Å². The second-order valence-corrected chi connectivity index (χ2v) is 2.64. The van der Waals surface area contributed by atoms with E-state index in [0.29, 0.717) is 5.76 Å². The molecule has 0 aliphatic rings. The summed E-state index contributed by atoms with van der Waals surface area (Å²) in [5.74, 6) is -1.99. The number of aryl methyl sites for hydroxylation is 1. The van der Waals surface area contributed by atoms with E-state index in [1.165, 1.54) is 6.07 Å². The molecule has 0 saturated heterocycles. The van der Waals surface area contributed by atoms with Crippen LogP contribution in [0, 0.1) is 11.4 Å². The number of aromatic hydroxyl groups is 1. The first-order valence-electron chi connectivity index (χ1n) is 3.09. The predicted molar refractivity (Wildman–Crippen MR) is 42.9 cm³/mol. The average molecular weight is 186 g/mol. The van der Waals surface area contributed by atoms with Gasteiger partial charge in [0.1, 0.15) is 5.76 Å². The molecule has 0 atom stereocenters. The summed E-state index contributed by atoms with van der Waals surface area (Å²) in [5.41, 5.74) is 0. The third-order valence-corrected chi connectivity index (χ3v) is 1.55. The lowest BCUT2D eigenvalue weighted by Gasteiger charge is -1.99. The molecular formula is C7H6O4S. The second kappa shape index (κ2) is 2.94. The Hall–Kier alpha value is -1.36. The summed E-state index contributed by atoms with van der Waals surface area (Å²) >= 11 is 4.67. The fraction of sp³-hybridized carbons (Fsp3) is 0.143. The molecule has 1 aromatic heterocycles. The van der Waals surface area contributed by atoms with E-state index in [2.05, 4.69) is 12.2 Å². The highest BCUT2D eigenvalue weighted by molar-refractivity contribution is 7.71. The summed E-state index contributed by atoms with van der Waals surface area (Å²) in [7, 11) is 0. The van der Waals surface area contributed by atoms with Crippen LogP contribution < -0.4 is 0 Å². The minimum Gasteiger partial charge on any atom is -0.503 e. The van der Waals surface area contributed by atoms with Crippen LogP contribution in [0.2, 0.25) is 0 Å². The number of hydrogen-bond donors (Lipinski definition) is 2. The first-order chi connectivity index (χ1) is 5.52. The Morgan fingerprint density at radius 2 is 2.25 bits per heavy atom. The molecule has 0 bridgehead atoms. The Kier molecular flexibility index (Phi) is 2.14. The Morgan fingerprint density at radius 1 is 1.67 bits per heavy atom. The molecule has 0 fully saturated rings. The highest BCUT2D eigenvalue weighted by Crippen LogP contribution is 2.20. The van der Waals surface area contributed by atoms with Gasteiger partial charge in [-0.1, -0.05) is 12.2 Å². The number of hydrogen-bond acceptors (Lipinski definition) is 4. The Balaban J connectivity index is 3.48. The smallest absolute Gasteiger partial charge is 0.375 e. The van der Waals surface area contributed by atoms with E-state index < -0.39 is 17.5 Å². The van der Waals surface area contributed by atoms with Crippen LogP contribution in [-0.2, 0) is 0 Å². The molecule has 0 amide bonds. The predicted octanol–water partition coefficient (Wildman–Crippen LogP) is 1.72. The van der Waals surface area contributed by atoms with Crippen LogP contribution in [-0.4, -0.2) is 16.2 Å². The van der Waals surface area contributed by atoms with E-state index in [-0.39, 0.29) is 4.51 Å². The number of aromatic carboxylic acids is 1. The van der Waals surface area contributed by atoms with Gasteiger partial charge in [-0.05, 0) is 13.0 Å². The number of rotatable bonds is 1. The molecule has 1 heterocycles. The lowest BCUT2D eigenvalue weighted by Crippen LogP contribution is -1.97. The second-order valence-electron chi connectivity index (χ2n) is 2.20. The molecule has 5 heteroatoms. The van der Waals surface area contributed by atoms with E-state index >= 15 is 0 Å². The molecule has 0 aromatic carbocycles. The van der Waals surface area contributed by atoms with Gasteiger partial charge in [-0.25, -0.2) is 4.79 Å². The van der Waals surface area contributed by atoms with Crippen LogP contribution in [0.3, 0.4) is 0 Å². The van der Waals surface area contributed by atoms with Gasteiger partial charge in [0.15, 0.2) is 5.75 Å². The third kappa shape index (κ3) is 1.45. The standard InChI is InChI=1S/C7H6O4S/c1-3-2-4(12)5(8)6(11-3)7(9)10/h2,8H,1H3,(H,9,10). The quantitative estimate of drug-likeness (QED) is 0.653. The van der Waals surface area contributed by atoms with Crippen molar-refractivity contribution in [3.8, 4) is 5.75 Å². The topological polar surface area (TPSA) is 70.7 Å². The molecular weight excluding hydrogens is 180 g/mol. The van der Waals surface area contributed by atoms with Crippen LogP contribution >= 0.6 is 12.2 Å². The lowest BCUT2D eigenvalue weighted by molar-refractivity contribution is 0.0652. The summed E-state index contributed by atoms with van der Waals surface area (Å²) in [6.45, 7) is 1.56. The number of carbonyl (C=O) groups is 1. The summed E-state index contributed by atoms with van der Waals surface area (Å²) in [6.07, 6.45) is 0. The van der Waals surface area contributed by atoms with Gasteiger partial charge in [0.2, 0.25) is 0 Å². The molecule has 1 rings (SSSR count). The summed E-state index contributed by atoms with van der Waals surface area (Å²) in [5, 5.41) is 17.6. The summed E-state index contributed by atoms with van der Waals surface area (Å²) in [6, 6.07) is 1.39. The van der Waals surface area contributed by atoms with Crippen molar-refractivity contribution < 1.29 is 19.4 Å². The fourth-order valence-electron chi connectivity index (χ4n) is 0.749. The maximum atomic E-state index is 10.4. The van der Waals surface area contributed by atoms with Gasteiger partial charge in [0, 0.05) is 0 Å². The van der Waals surface area contributed by atoms with Gasteiger partial charge in [0.25, 0.3) is 5.76 Å². The maximum absolute atomic E-state index is 10.4. The van der Waals surface area contributed by atoms with Gasteiger partial charge < -0.3 is 14.6 Å². The van der Waals surface area contributed by atoms with Gasteiger partial charge >= 0.3 is 5.97 Å². The van der Waals surface area contributed by atoms with E-state index in [1.54, 1.807) is 6.92 Å². The van der Waals surface area contributed by atoms with E-state index in [0.717, 1.165) is 0 Å². The largest absolute Gasteiger partial charge is 0.503 e. The van der Waals surface area contributed by atoms with Crippen molar-refractivity contribution in [2.24, 2.45) is 0 Å². The van der Waals surface area contributed by atoms with Crippen molar-refractivity contribution in [2.75, 3.05) is 0 Å².